The van der Waals surface area contributed by atoms with Crippen molar-refractivity contribution in [3.05, 3.63) is 23.8 Å². The van der Waals surface area contributed by atoms with Gasteiger partial charge in [0.1, 0.15) is 0 Å². The van der Waals surface area contributed by atoms with E-state index >= 15 is 0 Å². The van der Waals surface area contributed by atoms with Crippen LogP contribution in [0.15, 0.2) is 18.2 Å². The van der Waals surface area contributed by atoms with Crippen molar-refractivity contribution in [3.63, 3.8) is 0 Å². The molecule has 0 saturated heterocycles. The van der Waals surface area contributed by atoms with Crippen molar-refractivity contribution in [3.8, 4) is 0 Å². The molecule has 0 spiro atoms. The fraction of sp³-hybridized carbons (Fsp3) is 0.533. The molecule has 1 aromatic rings. The second kappa shape index (κ2) is 8.17. The SMILES string of the molecule is Cc1cc(N)ccc1NC(=O)CCCSC(C)C(C)O. The van der Waals surface area contributed by atoms with Gasteiger partial charge >= 0.3 is 0 Å². The van der Waals surface area contributed by atoms with Crippen molar-refractivity contribution in [2.45, 2.75) is 45.0 Å². The molecule has 0 bridgehead atoms. The van der Waals surface area contributed by atoms with Crippen LogP contribution in [-0.4, -0.2) is 28.1 Å². The molecule has 4 nitrogen and oxygen atoms in total. The molecule has 0 heterocycles. The highest BCUT2D eigenvalue weighted by Crippen LogP contribution is 2.19. The fourth-order valence-electron chi connectivity index (χ4n) is 1.68. The first-order chi connectivity index (χ1) is 9.40. The largest absolute Gasteiger partial charge is 0.399 e. The lowest BCUT2D eigenvalue weighted by molar-refractivity contribution is -0.116. The minimum Gasteiger partial charge on any atom is -0.399 e. The third kappa shape index (κ3) is 5.84. The van der Waals surface area contributed by atoms with Crippen LogP contribution in [0.25, 0.3) is 0 Å². The Morgan fingerprint density at radius 2 is 2.15 bits per heavy atom. The van der Waals surface area contributed by atoms with Crippen LogP contribution in [-0.2, 0) is 4.79 Å². The number of carbonyl (C=O) groups is 1. The van der Waals surface area contributed by atoms with Gasteiger partial charge < -0.3 is 16.2 Å². The van der Waals surface area contributed by atoms with E-state index in [1.165, 1.54) is 0 Å². The monoisotopic (exact) mass is 296 g/mol. The first-order valence-electron chi connectivity index (χ1n) is 6.85. The van der Waals surface area contributed by atoms with Crippen LogP contribution in [0.4, 0.5) is 11.4 Å². The van der Waals surface area contributed by atoms with Gasteiger partial charge in [0.15, 0.2) is 0 Å². The minimum atomic E-state index is -0.314. The maximum atomic E-state index is 11.8. The van der Waals surface area contributed by atoms with E-state index in [0.717, 1.165) is 23.4 Å². The van der Waals surface area contributed by atoms with Gasteiger partial charge in [-0.15, -0.1) is 0 Å². The molecule has 0 aliphatic heterocycles. The van der Waals surface area contributed by atoms with Crippen molar-refractivity contribution >= 4 is 29.0 Å². The quantitative estimate of drug-likeness (QED) is 0.534. The summed E-state index contributed by atoms with van der Waals surface area (Å²) >= 11 is 1.69. The zero-order valence-electron chi connectivity index (χ0n) is 12.3. The van der Waals surface area contributed by atoms with Crippen molar-refractivity contribution < 1.29 is 9.90 Å². The second-order valence-electron chi connectivity index (χ2n) is 5.04. The zero-order chi connectivity index (χ0) is 15.1. The third-order valence-electron chi connectivity index (χ3n) is 3.13. The lowest BCUT2D eigenvalue weighted by Crippen LogP contribution is -2.16. The predicted molar refractivity (Wildman–Crippen MR) is 87.1 cm³/mol. The van der Waals surface area contributed by atoms with E-state index in [-0.39, 0.29) is 17.3 Å². The van der Waals surface area contributed by atoms with E-state index in [0.29, 0.717) is 12.1 Å². The number of nitrogen functional groups attached to an aromatic ring is 1. The number of aryl methyl sites for hydroxylation is 1. The number of benzene rings is 1. The van der Waals surface area contributed by atoms with Crippen LogP contribution >= 0.6 is 11.8 Å². The average Bonchev–Trinajstić information content (AvgIpc) is 2.37. The molecular formula is C15H24N2O2S. The molecule has 0 aliphatic rings. The highest BCUT2D eigenvalue weighted by Gasteiger charge is 2.09. The number of aliphatic hydroxyl groups excluding tert-OH is 1. The Balaban J connectivity index is 2.30. The van der Waals surface area contributed by atoms with Gasteiger partial charge in [-0.25, -0.2) is 0 Å². The summed E-state index contributed by atoms with van der Waals surface area (Å²) in [6.45, 7) is 5.70. The Kier molecular flexibility index (Phi) is 6.88. The predicted octanol–water partition coefficient (Wildman–Crippen LogP) is 2.80. The van der Waals surface area contributed by atoms with Gasteiger partial charge in [-0.05, 0) is 49.8 Å². The maximum Gasteiger partial charge on any atom is 0.224 e. The van der Waals surface area contributed by atoms with Gasteiger partial charge in [-0.2, -0.15) is 11.8 Å². The highest BCUT2D eigenvalue weighted by atomic mass is 32.2. The Labute approximate surface area is 125 Å². The summed E-state index contributed by atoms with van der Waals surface area (Å²) < 4.78 is 0. The topological polar surface area (TPSA) is 75.3 Å². The molecule has 5 heteroatoms. The molecule has 4 N–H and O–H groups in total. The average molecular weight is 296 g/mol. The standard InChI is InChI=1S/C15H24N2O2S/c1-10-9-13(16)6-7-14(10)17-15(19)5-4-8-20-12(3)11(2)18/h6-7,9,11-12,18H,4-5,8,16H2,1-3H3,(H,17,19). The van der Waals surface area contributed by atoms with Crippen LogP contribution in [0.1, 0.15) is 32.3 Å². The Hall–Kier alpha value is -1.20. The summed E-state index contributed by atoms with van der Waals surface area (Å²) in [6.07, 6.45) is 0.983. The van der Waals surface area contributed by atoms with E-state index in [4.69, 9.17) is 5.73 Å². The Morgan fingerprint density at radius 3 is 2.75 bits per heavy atom. The molecule has 1 amide bonds. The maximum absolute atomic E-state index is 11.8. The van der Waals surface area contributed by atoms with E-state index < -0.39 is 0 Å². The summed E-state index contributed by atoms with van der Waals surface area (Å²) in [5.74, 6) is 0.892. The molecule has 0 aliphatic carbocycles. The number of anilines is 2. The van der Waals surface area contributed by atoms with E-state index in [9.17, 15) is 9.90 Å². The number of aliphatic hydroxyl groups is 1. The third-order valence-corrected chi connectivity index (χ3v) is 4.58. The van der Waals surface area contributed by atoms with Crippen molar-refractivity contribution in [1.29, 1.82) is 0 Å². The zero-order valence-corrected chi connectivity index (χ0v) is 13.2. The van der Waals surface area contributed by atoms with Gasteiger partial charge in [0.2, 0.25) is 5.91 Å². The number of carbonyl (C=O) groups excluding carboxylic acids is 1. The van der Waals surface area contributed by atoms with E-state index in [2.05, 4.69) is 5.32 Å². The summed E-state index contributed by atoms with van der Waals surface area (Å²) in [5.41, 5.74) is 8.15. The number of amides is 1. The van der Waals surface area contributed by atoms with Crippen LogP contribution in [0.5, 0.6) is 0 Å². The molecule has 1 aromatic carbocycles. The number of nitrogens with two attached hydrogens (primary N) is 1. The molecule has 20 heavy (non-hydrogen) atoms. The molecular weight excluding hydrogens is 272 g/mol. The molecule has 0 aromatic heterocycles. The summed E-state index contributed by atoms with van der Waals surface area (Å²) in [5, 5.41) is 12.5. The number of thioether (sulfide) groups is 1. The summed E-state index contributed by atoms with van der Waals surface area (Å²) in [6, 6.07) is 5.45. The number of rotatable bonds is 7. The molecule has 1 rings (SSSR count). The Morgan fingerprint density at radius 1 is 1.45 bits per heavy atom. The Bertz CT molecular complexity index is 449. The smallest absolute Gasteiger partial charge is 0.224 e. The van der Waals surface area contributed by atoms with Crippen LogP contribution in [0.3, 0.4) is 0 Å². The van der Waals surface area contributed by atoms with Crippen molar-refractivity contribution in [1.82, 2.24) is 0 Å². The first-order valence-corrected chi connectivity index (χ1v) is 7.90. The van der Waals surface area contributed by atoms with Crippen molar-refractivity contribution in [2.24, 2.45) is 0 Å². The molecule has 112 valence electrons. The van der Waals surface area contributed by atoms with Gasteiger partial charge in [0.05, 0.1) is 6.10 Å². The van der Waals surface area contributed by atoms with Crippen LogP contribution < -0.4 is 11.1 Å². The molecule has 0 saturated carbocycles. The molecule has 2 atom stereocenters. The number of hydrogen-bond acceptors (Lipinski definition) is 4. The normalized spacial score (nSPS) is 13.8. The first kappa shape index (κ1) is 16.9. The number of hydrogen-bond donors (Lipinski definition) is 3. The summed E-state index contributed by atoms with van der Waals surface area (Å²) in [4.78, 5) is 11.8. The van der Waals surface area contributed by atoms with Gasteiger partial charge in [0, 0.05) is 23.0 Å². The van der Waals surface area contributed by atoms with Crippen molar-refractivity contribution in [2.75, 3.05) is 16.8 Å². The van der Waals surface area contributed by atoms with Crippen LogP contribution in [0, 0.1) is 6.92 Å². The summed E-state index contributed by atoms with van der Waals surface area (Å²) in [7, 11) is 0. The van der Waals surface area contributed by atoms with Gasteiger partial charge in [-0.1, -0.05) is 6.92 Å². The minimum absolute atomic E-state index is 0.0168. The lowest BCUT2D eigenvalue weighted by atomic mass is 10.1. The lowest BCUT2D eigenvalue weighted by Gasteiger charge is -2.13. The van der Waals surface area contributed by atoms with Gasteiger partial charge in [-0.3, -0.25) is 4.79 Å². The highest BCUT2D eigenvalue weighted by molar-refractivity contribution is 7.99. The number of nitrogens with one attached hydrogen (secondary N) is 1. The molecule has 0 radical (unpaired) electrons. The van der Waals surface area contributed by atoms with E-state index in [1.807, 2.05) is 26.0 Å². The van der Waals surface area contributed by atoms with Crippen LogP contribution in [0.2, 0.25) is 0 Å². The van der Waals surface area contributed by atoms with Gasteiger partial charge in [0.25, 0.3) is 0 Å². The second-order valence-corrected chi connectivity index (χ2v) is 6.53. The van der Waals surface area contributed by atoms with E-state index in [1.54, 1.807) is 24.8 Å². The molecule has 0 fully saturated rings. The fourth-order valence-corrected chi connectivity index (χ4v) is 2.64. The molecule has 2 unspecified atom stereocenters.